The van der Waals surface area contributed by atoms with E-state index in [0.717, 1.165) is 59.3 Å². The molecule has 0 spiro atoms. The van der Waals surface area contributed by atoms with Gasteiger partial charge in [-0.2, -0.15) is 0 Å². The maximum atomic E-state index is 12.5. The van der Waals surface area contributed by atoms with Crippen molar-refractivity contribution in [3.63, 3.8) is 0 Å². The summed E-state index contributed by atoms with van der Waals surface area (Å²) in [5.41, 5.74) is 7.05. The monoisotopic (exact) mass is 350 g/mol. The minimum atomic E-state index is -0.317. The number of rotatable bonds is 3. The fourth-order valence-corrected chi connectivity index (χ4v) is 3.98. The van der Waals surface area contributed by atoms with Crippen LogP contribution in [0.1, 0.15) is 58.2 Å². The summed E-state index contributed by atoms with van der Waals surface area (Å²) in [7, 11) is 0. The van der Waals surface area contributed by atoms with Gasteiger partial charge in [0, 0.05) is 16.9 Å². The third kappa shape index (κ3) is 2.64. The van der Waals surface area contributed by atoms with Gasteiger partial charge in [0.05, 0.1) is 12.2 Å². The second-order valence-corrected chi connectivity index (χ2v) is 6.81. The van der Waals surface area contributed by atoms with Gasteiger partial charge in [0.25, 0.3) is 5.91 Å². The minimum absolute atomic E-state index is 0.105. The summed E-state index contributed by atoms with van der Waals surface area (Å²) in [5.74, 6) is -0.422. The number of amides is 1. The van der Waals surface area contributed by atoms with E-state index in [1.165, 1.54) is 0 Å². The molecule has 0 fully saturated rings. The smallest absolute Gasteiger partial charge is 0.355 e. The Bertz CT molecular complexity index is 937. The highest BCUT2D eigenvalue weighted by molar-refractivity contribution is 6.35. The van der Waals surface area contributed by atoms with Gasteiger partial charge in [-0.25, -0.2) is 4.79 Å². The van der Waals surface area contributed by atoms with E-state index in [1.54, 1.807) is 6.92 Å². The van der Waals surface area contributed by atoms with E-state index in [1.807, 2.05) is 31.2 Å². The third-order valence-corrected chi connectivity index (χ3v) is 5.16. The number of esters is 1. The lowest BCUT2D eigenvalue weighted by Crippen LogP contribution is -2.10. The molecule has 2 aliphatic rings. The molecular weight excluding hydrogens is 328 g/mol. The van der Waals surface area contributed by atoms with E-state index in [9.17, 15) is 9.59 Å². The van der Waals surface area contributed by atoms with Crippen molar-refractivity contribution < 1.29 is 14.3 Å². The Morgan fingerprint density at radius 1 is 1.23 bits per heavy atom. The highest BCUT2D eigenvalue weighted by atomic mass is 16.5. The van der Waals surface area contributed by atoms with Crippen LogP contribution in [0.25, 0.3) is 11.6 Å². The van der Waals surface area contributed by atoms with E-state index in [0.29, 0.717) is 17.9 Å². The first-order chi connectivity index (χ1) is 12.6. The predicted molar refractivity (Wildman–Crippen MR) is 101 cm³/mol. The maximum absolute atomic E-state index is 12.5. The van der Waals surface area contributed by atoms with Gasteiger partial charge in [-0.3, -0.25) is 4.79 Å². The molecule has 2 aromatic rings. The summed E-state index contributed by atoms with van der Waals surface area (Å²) >= 11 is 0. The van der Waals surface area contributed by atoms with Gasteiger partial charge in [0.15, 0.2) is 0 Å². The maximum Gasteiger partial charge on any atom is 0.355 e. The van der Waals surface area contributed by atoms with Gasteiger partial charge >= 0.3 is 5.97 Å². The van der Waals surface area contributed by atoms with Crippen molar-refractivity contribution >= 4 is 29.2 Å². The number of aromatic nitrogens is 1. The molecule has 1 amide bonds. The van der Waals surface area contributed by atoms with Gasteiger partial charge < -0.3 is 15.0 Å². The van der Waals surface area contributed by atoms with Crippen LogP contribution < -0.4 is 5.32 Å². The summed E-state index contributed by atoms with van der Waals surface area (Å²) in [6.07, 6.45) is 5.82. The number of hydrogen-bond donors (Lipinski definition) is 2. The van der Waals surface area contributed by atoms with Crippen LogP contribution in [0.4, 0.5) is 5.69 Å². The molecule has 5 nitrogen and oxygen atoms in total. The number of H-pyrrole nitrogens is 1. The molecule has 5 heteroatoms. The molecule has 1 aliphatic carbocycles. The summed E-state index contributed by atoms with van der Waals surface area (Å²) in [4.78, 5) is 28.1. The fourth-order valence-electron chi connectivity index (χ4n) is 3.98. The number of anilines is 1. The average Bonchev–Trinajstić information content (AvgIpc) is 3.15. The molecule has 4 rings (SSSR count). The first kappa shape index (κ1) is 16.6. The first-order valence-electron chi connectivity index (χ1n) is 9.14. The lowest BCUT2D eigenvalue weighted by molar-refractivity contribution is -0.110. The topological polar surface area (TPSA) is 71.2 Å². The van der Waals surface area contributed by atoms with Gasteiger partial charge in [0.2, 0.25) is 0 Å². The number of aryl methyl sites for hydroxylation is 1. The van der Waals surface area contributed by atoms with E-state index in [2.05, 4.69) is 10.3 Å². The molecule has 1 aliphatic heterocycles. The van der Waals surface area contributed by atoms with Crippen LogP contribution in [0, 0.1) is 6.92 Å². The fraction of sp³-hybridized carbons (Fsp3) is 0.333. The molecule has 26 heavy (non-hydrogen) atoms. The Hall–Kier alpha value is -2.82. The molecule has 0 saturated heterocycles. The van der Waals surface area contributed by atoms with Crippen LogP contribution in [-0.4, -0.2) is 23.5 Å². The number of benzene rings is 1. The zero-order valence-electron chi connectivity index (χ0n) is 15.1. The highest BCUT2D eigenvalue weighted by Gasteiger charge is 2.28. The lowest BCUT2D eigenvalue weighted by atomic mass is 9.91. The van der Waals surface area contributed by atoms with Crippen LogP contribution >= 0.6 is 0 Å². The van der Waals surface area contributed by atoms with Gasteiger partial charge in [-0.05, 0) is 68.4 Å². The Kier molecular flexibility index (Phi) is 4.15. The van der Waals surface area contributed by atoms with E-state index >= 15 is 0 Å². The van der Waals surface area contributed by atoms with Gasteiger partial charge in [0.1, 0.15) is 5.69 Å². The van der Waals surface area contributed by atoms with Crippen molar-refractivity contribution in [1.82, 2.24) is 4.98 Å². The largest absolute Gasteiger partial charge is 0.461 e. The number of carbonyl (C=O) groups excluding carboxylic acids is 2. The standard InChI is InChI=1S/C21H22N2O3/c1-3-26-21(25)19-14-9-5-4-8-13(14)17(22-19)11-15-18-12(2)7-6-10-16(18)23-20(15)24/h6-7,10-11,22H,3-5,8-9H2,1-2H3,(H,23,24)/b15-11-. The van der Waals surface area contributed by atoms with Gasteiger partial charge in [-0.15, -0.1) is 0 Å². The number of fused-ring (bicyclic) bond motifs is 2. The number of nitrogens with one attached hydrogen (secondary N) is 2. The molecule has 0 radical (unpaired) electrons. The molecule has 2 N–H and O–H groups in total. The quantitative estimate of drug-likeness (QED) is 0.652. The molecule has 1 aromatic heterocycles. The van der Waals surface area contributed by atoms with Crippen LogP contribution in [0.15, 0.2) is 18.2 Å². The van der Waals surface area contributed by atoms with Crippen LogP contribution in [0.5, 0.6) is 0 Å². The Morgan fingerprint density at radius 2 is 2.00 bits per heavy atom. The second-order valence-electron chi connectivity index (χ2n) is 6.81. The SMILES string of the molecule is CCOC(=O)c1[nH]c(/C=C2\C(=O)Nc3cccc(C)c32)c2c1CCCC2. The highest BCUT2D eigenvalue weighted by Crippen LogP contribution is 2.37. The van der Waals surface area contributed by atoms with E-state index in [-0.39, 0.29) is 11.9 Å². The van der Waals surface area contributed by atoms with Crippen LogP contribution in [-0.2, 0) is 22.4 Å². The third-order valence-electron chi connectivity index (χ3n) is 5.16. The van der Waals surface area contributed by atoms with Gasteiger partial charge in [-0.1, -0.05) is 12.1 Å². The van der Waals surface area contributed by atoms with Crippen LogP contribution in [0.2, 0.25) is 0 Å². The number of aromatic amines is 1. The van der Waals surface area contributed by atoms with E-state index < -0.39 is 0 Å². The summed E-state index contributed by atoms with van der Waals surface area (Å²) < 4.78 is 5.20. The van der Waals surface area contributed by atoms with E-state index in [4.69, 9.17) is 4.74 Å². The molecular formula is C21H22N2O3. The minimum Gasteiger partial charge on any atom is -0.461 e. The van der Waals surface area contributed by atoms with Crippen molar-refractivity contribution in [2.75, 3.05) is 11.9 Å². The summed E-state index contributed by atoms with van der Waals surface area (Å²) in [5, 5.41) is 2.93. The molecule has 0 unspecified atom stereocenters. The first-order valence-corrected chi connectivity index (χ1v) is 9.14. The Labute approximate surface area is 152 Å². The Morgan fingerprint density at radius 3 is 2.77 bits per heavy atom. The molecule has 134 valence electrons. The summed E-state index contributed by atoms with van der Waals surface area (Å²) in [6.45, 7) is 4.15. The van der Waals surface area contributed by atoms with Crippen molar-refractivity contribution in [3.05, 3.63) is 51.8 Å². The second kappa shape index (κ2) is 6.48. The zero-order chi connectivity index (χ0) is 18.3. The number of ether oxygens (including phenoxy) is 1. The molecule has 1 aromatic carbocycles. The number of hydrogen-bond acceptors (Lipinski definition) is 3. The average molecular weight is 350 g/mol. The van der Waals surface area contributed by atoms with Crippen molar-refractivity contribution in [2.45, 2.75) is 39.5 Å². The lowest BCUT2D eigenvalue weighted by Gasteiger charge is -2.13. The summed E-state index contributed by atoms with van der Waals surface area (Å²) in [6, 6.07) is 5.85. The molecule has 0 bridgehead atoms. The molecule has 0 atom stereocenters. The van der Waals surface area contributed by atoms with Crippen LogP contribution in [0.3, 0.4) is 0 Å². The predicted octanol–water partition coefficient (Wildman–Crippen LogP) is 3.87. The van der Waals surface area contributed by atoms with Crippen molar-refractivity contribution in [1.29, 1.82) is 0 Å². The Balaban J connectivity index is 1.84. The molecule has 2 heterocycles. The zero-order valence-corrected chi connectivity index (χ0v) is 15.1. The van der Waals surface area contributed by atoms with Crippen molar-refractivity contribution in [2.24, 2.45) is 0 Å². The number of carbonyl (C=O) groups is 2. The normalized spacial score (nSPS) is 17.0. The van der Waals surface area contributed by atoms with Crippen molar-refractivity contribution in [3.8, 4) is 0 Å². The molecule has 0 saturated carbocycles.